The smallest absolute Gasteiger partial charge is 0.332 e. The van der Waals surface area contributed by atoms with Crippen LogP contribution in [0.5, 0.6) is 0 Å². The predicted octanol–water partition coefficient (Wildman–Crippen LogP) is 2.60. The van der Waals surface area contributed by atoms with Gasteiger partial charge in [0.1, 0.15) is 0 Å². The second-order valence-electron chi connectivity index (χ2n) is 3.96. The topological polar surface area (TPSA) is 55.8 Å². The lowest BCUT2D eigenvalue weighted by atomic mass is 10.2. The molecule has 0 heterocycles. The minimum atomic E-state index is -0.940. The van der Waals surface area contributed by atoms with Crippen molar-refractivity contribution >= 4 is 12.0 Å². The lowest BCUT2D eigenvalue weighted by Crippen LogP contribution is -2.25. The van der Waals surface area contributed by atoms with E-state index in [0.29, 0.717) is 26.2 Å². The molecule has 1 unspecified atom stereocenters. The van der Waals surface area contributed by atoms with Crippen LogP contribution in [0.15, 0.2) is 36.4 Å². The van der Waals surface area contributed by atoms with Gasteiger partial charge in [0, 0.05) is 13.0 Å². The van der Waals surface area contributed by atoms with E-state index in [1.54, 1.807) is 6.92 Å². The number of carboxylic acids is 1. The van der Waals surface area contributed by atoms with Crippen molar-refractivity contribution < 1.29 is 19.4 Å². The molecule has 1 N–H and O–H groups in total. The fourth-order valence-corrected chi connectivity index (χ4v) is 1.57. The third-order valence-electron chi connectivity index (χ3n) is 2.49. The summed E-state index contributed by atoms with van der Waals surface area (Å²) in [5.41, 5.74) is 1.11. The van der Waals surface area contributed by atoms with Crippen molar-refractivity contribution in [1.82, 2.24) is 0 Å². The minimum absolute atomic E-state index is 0.363. The van der Waals surface area contributed by atoms with Crippen molar-refractivity contribution in [2.45, 2.75) is 19.4 Å². The summed E-state index contributed by atoms with van der Waals surface area (Å²) in [5.74, 6) is -0.940. The number of hydrogen-bond acceptors (Lipinski definition) is 3. The van der Waals surface area contributed by atoms with Gasteiger partial charge in [-0.05, 0) is 12.5 Å². The first-order valence-corrected chi connectivity index (χ1v) is 6.37. The van der Waals surface area contributed by atoms with Crippen molar-refractivity contribution in [1.29, 1.82) is 0 Å². The summed E-state index contributed by atoms with van der Waals surface area (Å²) in [4.78, 5) is 10.8. The van der Waals surface area contributed by atoms with Crippen molar-refractivity contribution in [2.24, 2.45) is 0 Å². The summed E-state index contributed by atoms with van der Waals surface area (Å²) >= 11 is 0. The van der Waals surface area contributed by atoms with Crippen LogP contribution < -0.4 is 0 Å². The first-order valence-electron chi connectivity index (χ1n) is 6.37. The Kier molecular flexibility index (Phi) is 7.54. The van der Waals surface area contributed by atoms with E-state index in [1.165, 1.54) is 0 Å². The van der Waals surface area contributed by atoms with Crippen LogP contribution in [0.2, 0.25) is 0 Å². The average molecular weight is 264 g/mol. The molecular formula is C15H20O4. The van der Waals surface area contributed by atoms with Crippen LogP contribution in [-0.2, 0) is 14.3 Å². The van der Waals surface area contributed by atoms with Crippen molar-refractivity contribution in [3.05, 3.63) is 42.0 Å². The highest BCUT2D eigenvalue weighted by atomic mass is 16.5. The quantitative estimate of drug-likeness (QED) is 0.696. The molecule has 19 heavy (non-hydrogen) atoms. The van der Waals surface area contributed by atoms with Crippen molar-refractivity contribution in [3.8, 4) is 0 Å². The van der Waals surface area contributed by atoms with Crippen LogP contribution >= 0.6 is 0 Å². The summed E-state index contributed by atoms with van der Waals surface area (Å²) in [6, 6.07) is 9.92. The molecule has 0 aromatic heterocycles. The molecule has 0 aliphatic heterocycles. The lowest BCUT2D eigenvalue weighted by Gasteiger charge is -2.11. The second-order valence-corrected chi connectivity index (χ2v) is 3.96. The van der Waals surface area contributed by atoms with E-state index in [2.05, 4.69) is 0 Å². The monoisotopic (exact) mass is 264 g/mol. The molecule has 0 aliphatic carbocycles. The van der Waals surface area contributed by atoms with Gasteiger partial charge in [0.15, 0.2) is 6.10 Å². The summed E-state index contributed by atoms with van der Waals surface area (Å²) in [7, 11) is 0. The first-order chi connectivity index (χ1) is 9.24. The molecule has 0 amide bonds. The summed E-state index contributed by atoms with van der Waals surface area (Å²) in [6.45, 7) is 3.01. The van der Waals surface area contributed by atoms with Crippen LogP contribution in [0.25, 0.3) is 6.08 Å². The highest BCUT2D eigenvalue weighted by molar-refractivity contribution is 5.72. The molecule has 0 spiro atoms. The number of aliphatic carboxylic acids is 1. The lowest BCUT2D eigenvalue weighted by molar-refractivity contribution is -0.151. The third kappa shape index (κ3) is 6.74. The highest BCUT2D eigenvalue weighted by Gasteiger charge is 2.16. The van der Waals surface area contributed by atoms with Gasteiger partial charge in [0.2, 0.25) is 0 Å². The molecular weight excluding hydrogens is 244 g/mol. The molecule has 1 aromatic rings. The summed E-state index contributed by atoms with van der Waals surface area (Å²) in [6.07, 6.45) is 3.47. The molecule has 1 aromatic carbocycles. The van der Waals surface area contributed by atoms with Gasteiger partial charge in [0.25, 0.3) is 0 Å². The maximum atomic E-state index is 10.8. The highest BCUT2D eigenvalue weighted by Crippen LogP contribution is 2.02. The molecule has 104 valence electrons. The van der Waals surface area contributed by atoms with E-state index in [1.807, 2.05) is 42.5 Å². The first kappa shape index (κ1) is 15.4. The zero-order valence-corrected chi connectivity index (χ0v) is 11.1. The third-order valence-corrected chi connectivity index (χ3v) is 2.49. The number of ether oxygens (including phenoxy) is 2. The van der Waals surface area contributed by atoms with Crippen LogP contribution in [0.3, 0.4) is 0 Å². The number of carboxylic acid groups (broad SMARTS) is 1. The van der Waals surface area contributed by atoms with Gasteiger partial charge in [-0.25, -0.2) is 4.79 Å². The van der Waals surface area contributed by atoms with Crippen LogP contribution in [0.1, 0.15) is 18.9 Å². The standard InChI is InChI=1S/C15H20O4/c1-2-19-14(15(16)17)10-12-18-11-6-9-13-7-4-3-5-8-13/h3-9,14H,2,10-12H2,1H3,(H,16,17). The Labute approximate surface area is 113 Å². The Bertz CT molecular complexity index is 386. The largest absolute Gasteiger partial charge is 0.479 e. The van der Waals surface area contributed by atoms with E-state index >= 15 is 0 Å². The molecule has 0 saturated heterocycles. The summed E-state index contributed by atoms with van der Waals surface area (Å²) in [5, 5.41) is 8.86. The van der Waals surface area contributed by atoms with Gasteiger partial charge in [-0.1, -0.05) is 42.5 Å². The molecule has 0 aliphatic rings. The van der Waals surface area contributed by atoms with Crippen LogP contribution in [-0.4, -0.2) is 37.0 Å². The zero-order chi connectivity index (χ0) is 13.9. The zero-order valence-electron chi connectivity index (χ0n) is 11.1. The van der Waals surface area contributed by atoms with E-state index in [4.69, 9.17) is 14.6 Å². The van der Waals surface area contributed by atoms with Gasteiger partial charge in [0.05, 0.1) is 13.2 Å². The molecule has 1 atom stereocenters. The number of benzene rings is 1. The summed E-state index contributed by atoms with van der Waals surface area (Å²) < 4.78 is 10.4. The maximum absolute atomic E-state index is 10.8. The van der Waals surface area contributed by atoms with Crippen LogP contribution in [0, 0.1) is 0 Å². The SMILES string of the molecule is CCOC(CCOCC=Cc1ccccc1)C(=O)O. The number of hydrogen-bond donors (Lipinski definition) is 1. The van der Waals surface area contributed by atoms with Crippen molar-refractivity contribution in [2.75, 3.05) is 19.8 Å². The molecule has 0 bridgehead atoms. The van der Waals surface area contributed by atoms with Gasteiger partial charge in [-0.2, -0.15) is 0 Å². The molecule has 4 heteroatoms. The van der Waals surface area contributed by atoms with Gasteiger partial charge < -0.3 is 14.6 Å². The van der Waals surface area contributed by atoms with Gasteiger partial charge in [-0.15, -0.1) is 0 Å². The molecule has 4 nitrogen and oxygen atoms in total. The fraction of sp³-hybridized carbons (Fsp3) is 0.400. The Morgan fingerprint density at radius 3 is 2.74 bits per heavy atom. The Balaban J connectivity index is 2.17. The molecule has 0 radical (unpaired) electrons. The predicted molar refractivity (Wildman–Crippen MR) is 74.0 cm³/mol. The average Bonchev–Trinajstić information content (AvgIpc) is 2.42. The Morgan fingerprint density at radius 2 is 2.11 bits per heavy atom. The Hall–Kier alpha value is -1.65. The number of rotatable bonds is 9. The fourth-order valence-electron chi connectivity index (χ4n) is 1.57. The second kappa shape index (κ2) is 9.30. The minimum Gasteiger partial charge on any atom is -0.479 e. The Morgan fingerprint density at radius 1 is 1.37 bits per heavy atom. The number of carbonyl (C=O) groups is 1. The van der Waals surface area contributed by atoms with E-state index in [-0.39, 0.29) is 0 Å². The van der Waals surface area contributed by atoms with E-state index in [0.717, 1.165) is 5.56 Å². The molecule has 0 fully saturated rings. The van der Waals surface area contributed by atoms with Crippen molar-refractivity contribution in [3.63, 3.8) is 0 Å². The van der Waals surface area contributed by atoms with Gasteiger partial charge >= 0.3 is 5.97 Å². The van der Waals surface area contributed by atoms with Crippen LogP contribution in [0.4, 0.5) is 0 Å². The van der Waals surface area contributed by atoms with Gasteiger partial charge in [-0.3, -0.25) is 0 Å². The normalized spacial score (nSPS) is 12.7. The van der Waals surface area contributed by atoms with E-state index in [9.17, 15) is 4.79 Å². The van der Waals surface area contributed by atoms with E-state index < -0.39 is 12.1 Å². The maximum Gasteiger partial charge on any atom is 0.332 e. The molecule has 0 saturated carbocycles. The molecule has 1 rings (SSSR count).